The number of hydrogen-bond donors (Lipinski definition) is 1. The van der Waals surface area contributed by atoms with Crippen LogP contribution in [0.4, 0.5) is 13.8 Å². The third kappa shape index (κ3) is 3.88. The molecule has 3 nitrogen and oxygen atoms in total. The number of benzene rings is 2. The van der Waals surface area contributed by atoms with E-state index in [0.29, 0.717) is 10.7 Å². The van der Waals surface area contributed by atoms with Crippen LogP contribution in [0.1, 0.15) is 17.3 Å². The molecule has 0 saturated carbocycles. The van der Waals surface area contributed by atoms with Crippen molar-refractivity contribution in [2.75, 3.05) is 11.1 Å². The summed E-state index contributed by atoms with van der Waals surface area (Å²) in [5.41, 5.74) is 0.817. The second-order valence-electron chi connectivity index (χ2n) is 5.01. The maximum atomic E-state index is 13.8. The van der Waals surface area contributed by atoms with Gasteiger partial charge in [-0.05, 0) is 17.9 Å². The fraction of sp³-hybridized carbons (Fsp3) is 0.111. The summed E-state index contributed by atoms with van der Waals surface area (Å²) < 4.78 is 28.5. The molecule has 0 radical (unpaired) electrons. The summed E-state index contributed by atoms with van der Waals surface area (Å²) in [6, 6.07) is 12.7. The highest BCUT2D eigenvalue weighted by Gasteiger charge is 2.21. The van der Waals surface area contributed by atoms with Gasteiger partial charge in [-0.2, -0.15) is 0 Å². The number of nitrogens with zero attached hydrogens (tertiary/aromatic N) is 1. The molecule has 1 amide bonds. The van der Waals surface area contributed by atoms with Crippen molar-refractivity contribution < 1.29 is 13.6 Å². The maximum Gasteiger partial charge on any atom is 0.262 e. The van der Waals surface area contributed by atoms with E-state index in [0.717, 1.165) is 27.8 Å². The van der Waals surface area contributed by atoms with Gasteiger partial charge in [-0.15, -0.1) is 0 Å². The minimum Gasteiger partial charge on any atom is -0.311 e. The van der Waals surface area contributed by atoms with Crippen LogP contribution in [-0.2, 0) is 0 Å². The molecule has 0 atom stereocenters. The van der Waals surface area contributed by atoms with Crippen molar-refractivity contribution in [2.24, 2.45) is 0 Å². The quantitative estimate of drug-likeness (QED) is 0.602. The van der Waals surface area contributed by atoms with Crippen LogP contribution in [0.5, 0.6) is 0 Å². The molecule has 2 aromatic carbocycles. The van der Waals surface area contributed by atoms with Gasteiger partial charge in [-0.25, -0.2) is 13.8 Å². The summed E-state index contributed by atoms with van der Waals surface area (Å²) in [6.45, 7) is 2.00. The topological polar surface area (TPSA) is 42.0 Å². The number of aromatic nitrogens is 1. The normalized spacial score (nSPS) is 10.7. The number of carbonyl (C=O) groups is 1. The van der Waals surface area contributed by atoms with Crippen molar-refractivity contribution in [3.63, 3.8) is 0 Å². The van der Waals surface area contributed by atoms with Crippen molar-refractivity contribution >= 4 is 34.0 Å². The van der Waals surface area contributed by atoms with Crippen molar-refractivity contribution in [3.8, 4) is 11.3 Å². The Hall–Kier alpha value is -2.25. The van der Waals surface area contributed by atoms with Gasteiger partial charge in [0.25, 0.3) is 5.91 Å². The Bertz CT molecular complexity index is 877. The summed E-state index contributed by atoms with van der Waals surface area (Å²) in [5, 5.41) is 3.08. The largest absolute Gasteiger partial charge is 0.311 e. The monoisotopic (exact) mass is 376 g/mol. The third-order valence-corrected chi connectivity index (χ3v) is 5.34. The fourth-order valence-electron chi connectivity index (χ4n) is 2.24. The zero-order chi connectivity index (χ0) is 17.8. The molecule has 0 aliphatic heterocycles. The standard InChI is InChI=1S/C18H14F2N2OS2/c1-2-24-18-21-15(11-7-4-3-5-8-11)17(25-18)22-16(23)14-12(19)9-6-10-13(14)20/h3-10H,2H2,1H3,(H,22,23). The highest BCUT2D eigenvalue weighted by atomic mass is 32.2. The molecule has 0 spiro atoms. The molecule has 0 fully saturated rings. The number of thiazole rings is 1. The lowest BCUT2D eigenvalue weighted by Crippen LogP contribution is -2.15. The Morgan fingerprint density at radius 2 is 1.80 bits per heavy atom. The van der Waals surface area contributed by atoms with Crippen LogP contribution in [0.25, 0.3) is 11.3 Å². The van der Waals surface area contributed by atoms with Gasteiger partial charge in [0.1, 0.15) is 27.9 Å². The number of amides is 1. The summed E-state index contributed by atoms with van der Waals surface area (Å²) in [4.78, 5) is 16.9. The molecule has 1 aromatic heterocycles. The number of anilines is 1. The first kappa shape index (κ1) is 17.6. The number of carbonyl (C=O) groups excluding carboxylic acids is 1. The molecule has 3 rings (SSSR count). The highest BCUT2D eigenvalue weighted by molar-refractivity contribution is 8.01. The van der Waals surface area contributed by atoms with Gasteiger partial charge in [-0.1, -0.05) is 66.4 Å². The van der Waals surface area contributed by atoms with Gasteiger partial charge in [0.15, 0.2) is 4.34 Å². The van der Waals surface area contributed by atoms with E-state index in [9.17, 15) is 13.6 Å². The molecule has 0 saturated heterocycles. The van der Waals surface area contributed by atoms with E-state index in [1.807, 2.05) is 37.3 Å². The van der Waals surface area contributed by atoms with Crippen molar-refractivity contribution in [2.45, 2.75) is 11.3 Å². The Morgan fingerprint density at radius 3 is 2.44 bits per heavy atom. The molecular weight excluding hydrogens is 362 g/mol. The van der Waals surface area contributed by atoms with Crippen LogP contribution in [-0.4, -0.2) is 16.6 Å². The first-order chi connectivity index (χ1) is 12.1. The van der Waals surface area contributed by atoms with Crippen molar-refractivity contribution in [1.82, 2.24) is 4.98 Å². The number of rotatable bonds is 5. The predicted molar refractivity (Wildman–Crippen MR) is 98.3 cm³/mol. The number of thioether (sulfide) groups is 1. The van der Waals surface area contributed by atoms with Gasteiger partial charge in [-0.3, -0.25) is 4.79 Å². The zero-order valence-electron chi connectivity index (χ0n) is 13.3. The Kier molecular flexibility index (Phi) is 5.45. The zero-order valence-corrected chi connectivity index (χ0v) is 14.9. The average molecular weight is 376 g/mol. The molecule has 0 aliphatic carbocycles. The first-order valence-corrected chi connectivity index (χ1v) is 9.34. The Labute approximate surface area is 152 Å². The van der Waals surface area contributed by atoms with E-state index in [-0.39, 0.29) is 0 Å². The van der Waals surface area contributed by atoms with Crippen LogP contribution in [0.2, 0.25) is 0 Å². The van der Waals surface area contributed by atoms with Crippen LogP contribution in [0.3, 0.4) is 0 Å². The number of nitrogens with one attached hydrogen (secondary N) is 1. The van der Waals surface area contributed by atoms with Crippen LogP contribution >= 0.6 is 23.1 Å². The molecule has 25 heavy (non-hydrogen) atoms. The molecule has 0 aliphatic rings. The molecule has 128 valence electrons. The van der Waals surface area contributed by atoms with E-state index < -0.39 is 23.1 Å². The van der Waals surface area contributed by atoms with Crippen molar-refractivity contribution in [3.05, 3.63) is 65.7 Å². The molecular formula is C18H14F2N2OS2. The fourth-order valence-corrected chi connectivity index (χ4v) is 4.20. The number of halogens is 2. The smallest absolute Gasteiger partial charge is 0.262 e. The summed E-state index contributed by atoms with van der Waals surface area (Å²) in [6.07, 6.45) is 0. The van der Waals surface area contributed by atoms with E-state index in [1.54, 1.807) is 11.8 Å². The first-order valence-electron chi connectivity index (χ1n) is 7.54. The lowest BCUT2D eigenvalue weighted by molar-refractivity contribution is 0.101. The second-order valence-corrected chi connectivity index (χ2v) is 7.52. The minimum atomic E-state index is -0.897. The summed E-state index contributed by atoms with van der Waals surface area (Å²) in [7, 11) is 0. The molecule has 1 N–H and O–H groups in total. The van der Waals surface area contributed by atoms with Crippen LogP contribution in [0.15, 0.2) is 52.9 Å². The second kappa shape index (κ2) is 7.76. The SMILES string of the molecule is CCSc1nc(-c2ccccc2)c(NC(=O)c2c(F)cccc2F)s1. The lowest BCUT2D eigenvalue weighted by Gasteiger charge is -2.07. The third-order valence-electron chi connectivity index (χ3n) is 3.34. The van der Waals surface area contributed by atoms with Gasteiger partial charge in [0, 0.05) is 5.56 Å². The lowest BCUT2D eigenvalue weighted by atomic mass is 10.1. The Morgan fingerprint density at radius 1 is 1.12 bits per heavy atom. The summed E-state index contributed by atoms with van der Waals surface area (Å²) in [5.74, 6) is -1.79. The van der Waals surface area contributed by atoms with E-state index >= 15 is 0 Å². The molecule has 0 unspecified atom stereocenters. The van der Waals surface area contributed by atoms with E-state index in [2.05, 4.69) is 10.3 Å². The highest BCUT2D eigenvalue weighted by Crippen LogP contribution is 2.37. The molecule has 1 heterocycles. The van der Waals surface area contributed by atoms with E-state index in [1.165, 1.54) is 17.4 Å². The van der Waals surface area contributed by atoms with Crippen LogP contribution < -0.4 is 5.32 Å². The van der Waals surface area contributed by atoms with Gasteiger partial charge in [0.2, 0.25) is 0 Å². The summed E-state index contributed by atoms with van der Waals surface area (Å²) >= 11 is 2.83. The van der Waals surface area contributed by atoms with Gasteiger partial charge in [0.05, 0.1) is 0 Å². The maximum absolute atomic E-state index is 13.8. The van der Waals surface area contributed by atoms with Gasteiger partial charge < -0.3 is 5.32 Å². The minimum absolute atomic E-state index is 0.467. The Balaban J connectivity index is 1.98. The molecule has 3 aromatic rings. The molecule has 7 heteroatoms. The number of hydrogen-bond acceptors (Lipinski definition) is 4. The van der Waals surface area contributed by atoms with E-state index in [4.69, 9.17) is 0 Å². The average Bonchev–Trinajstić information content (AvgIpc) is 2.98. The molecule has 0 bridgehead atoms. The van der Waals surface area contributed by atoms with Crippen LogP contribution in [0, 0.1) is 11.6 Å². The predicted octanol–water partition coefficient (Wildman–Crippen LogP) is 5.45. The van der Waals surface area contributed by atoms with Gasteiger partial charge >= 0.3 is 0 Å². The van der Waals surface area contributed by atoms with Crippen molar-refractivity contribution in [1.29, 1.82) is 0 Å².